The maximum absolute atomic E-state index is 12.1. The van der Waals surface area contributed by atoms with Crippen LogP contribution in [-0.4, -0.2) is 298 Å². The van der Waals surface area contributed by atoms with Crippen LogP contribution in [0, 0.1) is 20.8 Å². The van der Waals surface area contributed by atoms with E-state index in [1.165, 1.54) is 133 Å². The molecule has 0 fully saturated rings. The van der Waals surface area contributed by atoms with Crippen LogP contribution in [-0.2, 0) is 121 Å². The standard InChI is InChI=1S/C28H35N3O11.C28H37N3O10.C28H34N2O11.4CH4.H3NO/c1-19-6-8-21(30(15-25(32)37-2)16-26(33)38-3)23(12-19)41-10-11-42-24-13-20(14-29-36)7-9-22(24)31(17-27(34)39-4)18-28(35)40-5;1-19-6-8-21(30(15-25(32)36-2)16-26(33)37-3)23(12-19)40-10-11-41-24-13-20(14-29)7-9-22(24)31(17-27(34)38-4)18-28(35)39-5;1-19-6-8-21(29(14-25(32)36-2)15-26(33)37-3)23(12-19)40-10-11-41-24-13-20(18-31)7-9-22(24)30(16-27(34)38-4)17-28(35)39-5;;;;;1-2/h6-9,12-14,36H,10-11,15-18H2,1-5H3;6-9,12-13H,10-11,14-18,29H2,1-5H3;6-9,12-13,18H,10-11,14-17H2,1-5H3;4*1H4;2H,1H2/b29-14+;;;;;;;. The van der Waals surface area contributed by atoms with Crippen molar-refractivity contribution in [3.63, 3.8) is 0 Å². The van der Waals surface area contributed by atoms with Crippen LogP contribution in [0.15, 0.2) is 114 Å². The van der Waals surface area contributed by atoms with Crippen LogP contribution in [0.3, 0.4) is 0 Å². The number of hydrogen-bond acceptors (Lipinski definition) is 42. The summed E-state index contributed by atoms with van der Waals surface area (Å²) in [6, 6.07) is 30.3. The number of rotatable bonds is 48. The molecule has 6 N–H and O–H groups in total. The van der Waals surface area contributed by atoms with Crippen molar-refractivity contribution in [3.05, 3.63) is 143 Å². The van der Waals surface area contributed by atoms with E-state index in [0.717, 1.165) is 22.3 Å². The zero-order valence-corrected chi connectivity index (χ0v) is 72.8. The van der Waals surface area contributed by atoms with Crippen LogP contribution in [0.4, 0.5) is 34.1 Å². The Bertz CT molecular complexity index is 4500. The summed E-state index contributed by atoms with van der Waals surface area (Å²) in [6.45, 7) is 3.16. The number of aldehydes is 1. The van der Waals surface area contributed by atoms with E-state index in [9.17, 15) is 62.3 Å². The molecule has 42 heteroatoms. The average molecular weight is 1840 g/mol. The number of carbonyl (C=O) groups is 13. The number of ether oxygens (including phenoxy) is 18. The average Bonchev–Trinajstić information content (AvgIpc) is 0.850. The van der Waals surface area contributed by atoms with Gasteiger partial charge in [0.15, 0.2) is 0 Å². The molecule has 0 radical (unpaired) electrons. The van der Waals surface area contributed by atoms with E-state index in [0.29, 0.717) is 74.5 Å². The van der Waals surface area contributed by atoms with Crippen LogP contribution in [0.2, 0.25) is 0 Å². The normalized spacial score (nSPS) is 9.89. The van der Waals surface area contributed by atoms with E-state index in [1.54, 1.807) is 91.0 Å². The number of benzene rings is 6. The summed E-state index contributed by atoms with van der Waals surface area (Å²) in [7, 11) is 14.9. The number of carbonyl (C=O) groups excluding carboxylic acids is 13. The van der Waals surface area contributed by atoms with Crippen LogP contribution < -0.4 is 69.5 Å². The van der Waals surface area contributed by atoms with Crippen molar-refractivity contribution in [3.8, 4) is 34.5 Å². The maximum atomic E-state index is 12.1. The maximum Gasteiger partial charge on any atom is 0.325 e. The number of hydrogen-bond donors (Lipinski definition) is 4. The van der Waals surface area contributed by atoms with E-state index in [1.807, 2.05) is 26.8 Å². The summed E-state index contributed by atoms with van der Waals surface area (Å²) >= 11 is 0. The smallest absolute Gasteiger partial charge is 0.325 e. The highest BCUT2D eigenvalue weighted by Gasteiger charge is 2.28. The summed E-state index contributed by atoms with van der Waals surface area (Å²) in [5.41, 5.74) is 12.6. The Hall–Kier alpha value is -14.4. The van der Waals surface area contributed by atoms with Gasteiger partial charge in [0, 0.05) is 12.1 Å². The van der Waals surface area contributed by atoms with E-state index < -0.39 is 71.6 Å². The highest BCUT2D eigenvalue weighted by molar-refractivity contribution is 5.89. The number of aryl methyl sites for hydroxylation is 3. The number of nitrogens with zero attached hydrogens (tertiary/aromatic N) is 7. The highest BCUT2D eigenvalue weighted by Crippen LogP contribution is 2.36. The van der Waals surface area contributed by atoms with Crippen molar-refractivity contribution in [1.82, 2.24) is 0 Å². The van der Waals surface area contributed by atoms with Crippen LogP contribution in [0.5, 0.6) is 34.5 Å². The Morgan fingerprint density at radius 1 is 0.285 bits per heavy atom. The topological polar surface area (TPSA) is 512 Å². The third kappa shape index (κ3) is 40.9. The first-order valence-corrected chi connectivity index (χ1v) is 37.9. The van der Waals surface area contributed by atoms with Gasteiger partial charge >= 0.3 is 71.6 Å². The molecule has 6 rings (SSSR count). The Morgan fingerprint density at radius 2 is 0.462 bits per heavy atom. The third-order valence-corrected chi connectivity index (χ3v) is 17.3. The Kier molecular flexibility index (Phi) is 58.2. The summed E-state index contributed by atoms with van der Waals surface area (Å²) < 4.78 is 93.1. The fourth-order valence-electron chi connectivity index (χ4n) is 11.0. The first kappa shape index (κ1) is 118. The summed E-state index contributed by atoms with van der Waals surface area (Å²) in [4.78, 5) is 165. The van der Waals surface area contributed by atoms with Crippen LogP contribution >= 0.6 is 0 Å². The molecular formula is C88H125N9O33. The quantitative estimate of drug-likeness (QED) is 0.00625. The van der Waals surface area contributed by atoms with Crippen molar-refractivity contribution < 1.29 is 158 Å². The largest absolute Gasteiger partial charge is 0.488 e. The Balaban J connectivity index is 0. The Labute approximate surface area is 757 Å². The van der Waals surface area contributed by atoms with Crippen molar-refractivity contribution in [1.29, 1.82) is 0 Å². The van der Waals surface area contributed by atoms with Crippen molar-refractivity contribution in [2.45, 2.75) is 57.0 Å². The molecule has 0 aliphatic carbocycles. The van der Waals surface area contributed by atoms with Gasteiger partial charge in [0.1, 0.15) is 159 Å². The summed E-state index contributed by atoms with van der Waals surface area (Å²) in [5.74, 6) is -1.31. The fourth-order valence-corrected chi connectivity index (χ4v) is 11.0. The molecule has 0 atom stereocenters. The van der Waals surface area contributed by atoms with Gasteiger partial charge in [-0.15, -0.1) is 0 Å². The van der Waals surface area contributed by atoms with Crippen LogP contribution in [0.25, 0.3) is 0 Å². The lowest BCUT2D eigenvalue weighted by molar-refractivity contribution is -0.141. The second-order valence-corrected chi connectivity index (χ2v) is 25.9. The lowest BCUT2D eigenvalue weighted by atomic mass is 10.1. The molecule has 0 spiro atoms. The molecule has 0 unspecified atom stereocenters. The third-order valence-electron chi connectivity index (χ3n) is 17.3. The first-order valence-electron chi connectivity index (χ1n) is 37.9. The zero-order chi connectivity index (χ0) is 93.8. The van der Waals surface area contributed by atoms with Gasteiger partial charge in [0.25, 0.3) is 0 Å². The molecule has 42 nitrogen and oxygen atoms in total. The molecule has 0 aromatic heterocycles. The van der Waals surface area contributed by atoms with E-state index >= 15 is 0 Å². The Morgan fingerprint density at radius 3 is 0.654 bits per heavy atom. The molecule has 6 aromatic carbocycles. The van der Waals surface area contributed by atoms with Gasteiger partial charge in [-0.2, -0.15) is 0 Å². The molecule has 0 bridgehead atoms. The zero-order valence-electron chi connectivity index (χ0n) is 72.8. The van der Waals surface area contributed by atoms with Gasteiger partial charge in [-0.25, -0.2) is 5.90 Å². The van der Waals surface area contributed by atoms with Gasteiger partial charge in [0.2, 0.25) is 0 Å². The van der Waals surface area contributed by atoms with Gasteiger partial charge in [0.05, 0.1) is 126 Å². The number of nitrogens with two attached hydrogens (primary N) is 2. The van der Waals surface area contributed by atoms with Gasteiger partial charge < -0.3 is 131 Å². The molecule has 0 aliphatic rings. The first-order chi connectivity index (χ1) is 60.4. The lowest BCUT2D eigenvalue weighted by Crippen LogP contribution is -2.36. The molecule has 0 aliphatic heterocycles. The van der Waals surface area contributed by atoms with Crippen molar-refractivity contribution in [2.24, 2.45) is 16.8 Å². The summed E-state index contributed by atoms with van der Waals surface area (Å²) in [5, 5.41) is 18.5. The van der Waals surface area contributed by atoms with Gasteiger partial charge in [-0.3, -0.25) is 62.3 Å². The fraction of sp³-hybridized carbons (Fsp3) is 0.432. The lowest BCUT2D eigenvalue weighted by Gasteiger charge is -2.26. The molecule has 720 valence electrons. The van der Waals surface area contributed by atoms with Crippen LogP contribution in [0.1, 0.15) is 67.9 Å². The number of esters is 12. The molecule has 6 aromatic rings. The summed E-state index contributed by atoms with van der Waals surface area (Å²) in [6.07, 6.45) is 1.82. The minimum Gasteiger partial charge on any atom is -0.488 e. The predicted molar refractivity (Wildman–Crippen MR) is 479 cm³/mol. The van der Waals surface area contributed by atoms with E-state index in [-0.39, 0.29) is 166 Å². The molecule has 0 heterocycles. The SMILES string of the molecule is C.C.C.C.COC(=O)CN(CC(=O)OC)c1ccc(C)cc1OCCOc1cc(/C=N/O)ccc1N(CC(=O)OC)CC(=O)OC.COC(=O)CN(CC(=O)OC)c1ccc(C)cc1OCCOc1cc(C=O)ccc1N(CC(=O)OC)CC(=O)OC.COC(=O)CN(CC(=O)OC)c1ccc(C)cc1OCCOc1cc(CN)ccc1N(CC(=O)OC)CC(=O)OC.NO. The second-order valence-electron chi connectivity index (χ2n) is 25.9. The number of oxime groups is 1. The molecule has 130 heavy (non-hydrogen) atoms. The van der Waals surface area contributed by atoms with Gasteiger partial charge in [-0.1, -0.05) is 65.2 Å². The minimum absolute atomic E-state index is 0. The number of methoxy groups -OCH3 is 12. The monoisotopic (exact) mass is 1840 g/mol. The molecular weight excluding hydrogens is 1710 g/mol. The van der Waals surface area contributed by atoms with Gasteiger partial charge in [-0.05, 0) is 127 Å². The van der Waals surface area contributed by atoms with E-state index in [2.05, 4.69) is 11.1 Å². The van der Waals surface area contributed by atoms with Crippen molar-refractivity contribution >= 4 is 118 Å². The minimum atomic E-state index is -0.599. The molecule has 0 amide bonds. The van der Waals surface area contributed by atoms with E-state index in [4.69, 9.17) is 101 Å². The molecule has 0 saturated heterocycles. The number of anilines is 6. The highest BCUT2D eigenvalue weighted by atomic mass is 16.6. The second kappa shape index (κ2) is 64.3. The predicted octanol–water partition coefficient (Wildman–Crippen LogP) is 6.23. The molecule has 0 saturated carbocycles. The van der Waals surface area contributed by atoms with Crippen molar-refractivity contribution in [2.75, 3.05) is 233 Å².